The zero-order valence-corrected chi connectivity index (χ0v) is 11.7. The van der Waals surface area contributed by atoms with Crippen LogP contribution < -0.4 is 11.3 Å². The molecule has 9 heteroatoms. The number of fused-ring (bicyclic) bond motifs is 1. The van der Waals surface area contributed by atoms with E-state index >= 15 is 0 Å². The predicted molar refractivity (Wildman–Crippen MR) is 74.4 cm³/mol. The van der Waals surface area contributed by atoms with Crippen molar-refractivity contribution in [2.24, 2.45) is 5.73 Å². The molecule has 1 atom stereocenters. The Balaban J connectivity index is 1.87. The van der Waals surface area contributed by atoms with Crippen LogP contribution in [0.15, 0.2) is 17.2 Å². The summed E-state index contributed by atoms with van der Waals surface area (Å²) in [6.45, 7) is 0. The molecule has 0 fully saturated rings. The van der Waals surface area contributed by atoms with E-state index in [1.807, 2.05) is 0 Å². The van der Waals surface area contributed by atoms with Crippen LogP contribution in [0.25, 0.3) is 5.78 Å². The van der Waals surface area contributed by atoms with Crippen LogP contribution >= 0.6 is 11.8 Å². The third kappa shape index (κ3) is 3.36. The summed E-state index contributed by atoms with van der Waals surface area (Å²) in [4.78, 5) is 31.0. The van der Waals surface area contributed by atoms with Gasteiger partial charge >= 0.3 is 5.97 Å². The van der Waals surface area contributed by atoms with Crippen molar-refractivity contribution in [1.29, 1.82) is 0 Å². The lowest BCUT2D eigenvalue weighted by atomic mass is 10.2. The van der Waals surface area contributed by atoms with Crippen LogP contribution in [0.1, 0.15) is 12.1 Å². The summed E-state index contributed by atoms with van der Waals surface area (Å²) in [5.41, 5.74) is 6.07. The monoisotopic (exact) mass is 297 g/mol. The minimum absolute atomic E-state index is 0.200. The Labute approximate surface area is 118 Å². The van der Waals surface area contributed by atoms with Crippen molar-refractivity contribution in [3.05, 3.63) is 28.4 Å². The maximum atomic E-state index is 11.7. The molecule has 2 rings (SSSR count). The van der Waals surface area contributed by atoms with E-state index in [0.717, 1.165) is 0 Å². The topological polar surface area (TPSA) is 115 Å². The van der Waals surface area contributed by atoms with E-state index in [-0.39, 0.29) is 5.56 Å². The van der Waals surface area contributed by atoms with E-state index in [0.29, 0.717) is 29.4 Å². The molecule has 0 radical (unpaired) electrons. The first kappa shape index (κ1) is 14.5. The highest BCUT2D eigenvalue weighted by atomic mass is 32.2. The summed E-state index contributed by atoms with van der Waals surface area (Å²) in [6.07, 6.45) is 1.93. The molecule has 0 aliphatic heterocycles. The zero-order valence-electron chi connectivity index (χ0n) is 10.9. The van der Waals surface area contributed by atoms with Gasteiger partial charge in [0.25, 0.3) is 11.3 Å². The van der Waals surface area contributed by atoms with Crippen molar-refractivity contribution in [2.45, 2.75) is 18.2 Å². The molecule has 0 amide bonds. The number of hydrogen-bond donors (Lipinski definition) is 2. The summed E-state index contributed by atoms with van der Waals surface area (Å²) in [6, 6.07) is 0.846. The van der Waals surface area contributed by atoms with Gasteiger partial charge in [0.2, 0.25) is 0 Å². The molecule has 0 spiro atoms. The average Bonchev–Trinajstić information content (AvgIpc) is 2.91. The van der Waals surface area contributed by atoms with Crippen molar-refractivity contribution in [3.63, 3.8) is 0 Å². The lowest BCUT2D eigenvalue weighted by Gasteiger charge is -2.08. The van der Waals surface area contributed by atoms with Crippen molar-refractivity contribution >= 4 is 23.5 Å². The van der Waals surface area contributed by atoms with Gasteiger partial charge < -0.3 is 10.5 Å². The predicted octanol–water partition coefficient (Wildman–Crippen LogP) is -0.459. The van der Waals surface area contributed by atoms with Gasteiger partial charge in [-0.3, -0.25) is 14.7 Å². The summed E-state index contributed by atoms with van der Waals surface area (Å²) in [5.74, 6) is 1.17. The van der Waals surface area contributed by atoms with Crippen LogP contribution in [0.3, 0.4) is 0 Å². The molecule has 0 bridgehead atoms. The number of aromatic amines is 1. The Kier molecular flexibility index (Phi) is 4.74. The molecule has 2 aromatic heterocycles. The van der Waals surface area contributed by atoms with Gasteiger partial charge in [-0.1, -0.05) is 0 Å². The number of methoxy groups -OCH3 is 1. The van der Waals surface area contributed by atoms with Crippen molar-refractivity contribution in [2.75, 3.05) is 12.9 Å². The van der Waals surface area contributed by atoms with Gasteiger partial charge in [-0.25, -0.2) is 9.97 Å². The number of hydrogen-bond acceptors (Lipinski definition) is 7. The number of nitrogens with zero attached hydrogens (tertiary/aromatic N) is 3. The number of ether oxygens (including phenoxy) is 1. The fourth-order valence-corrected chi connectivity index (χ4v) is 2.52. The van der Waals surface area contributed by atoms with Gasteiger partial charge in [-0.05, 0) is 12.2 Å². The second-order valence-corrected chi connectivity index (χ2v) is 5.18. The molecule has 3 N–H and O–H groups in total. The lowest BCUT2D eigenvalue weighted by molar-refractivity contribution is -0.142. The van der Waals surface area contributed by atoms with Crippen LogP contribution in [0.4, 0.5) is 0 Å². The fraction of sp³-hybridized carbons (Fsp3) is 0.455. The Morgan fingerprint density at radius 2 is 2.45 bits per heavy atom. The Morgan fingerprint density at radius 3 is 3.20 bits per heavy atom. The molecule has 2 aromatic rings. The Hall–Kier alpha value is -1.87. The number of carbonyl (C=O) groups is 1. The molecular formula is C11H15N5O3S. The number of carbonyl (C=O) groups excluding carboxylic acids is 1. The van der Waals surface area contributed by atoms with E-state index in [1.165, 1.54) is 24.0 Å². The number of nitrogens with two attached hydrogens (primary N) is 1. The van der Waals surface area contributed by atoms with Gasteiger partial charge in [0.05, 0.1) is 12.8 Å². The highest BCUT2D eigenvalue weighted by molar-refractivity contribution is 7.98. The van der Waals surface area contributed by atoms with Crippen LogP contribution in [0.5, 0.6) is 0 Å². The van der Waals surface area contributed by atoms with E-state index < -0.39 is 12.0 Å². The van der Waals surface area contributed by atoms with E-state index in [4.69, 9.17) is 5.73 Å². The largest absolute Gasteiger partial charge is 0.468 e. The van der Waals surface area contributed by atoms with Crippen LogP contribution in [-0.2, 0) is 15.3 Å². The Morgan fingerprint density at radius 1 is 1.65 bits per heavy atom. The molecule has 0 aliphatic carbocycles. The van der Waals surface area contributed by atoms with E-state index in [9.17, 15) is 9.59 Å². The number of aromatic nitrogens is 4. The second kappa shape index (κ2) is 6.53. The van der Waals surface area contributed by atoms with E-state index in [1.54, 1.807) is 11.8 Å². The highest BCUT2D eigenvalue weighted by Gasteiger charge is 2.13. The standard InChI is InChI=1S/C11H15N5O3S/c1-19-10(18)8(12)2-3-20-5-7-4-9(17)16-11(15-7)13-6-14-16/h4,6,8H,2-3,5,12H2,1H3,(H,13,14,15). The van der Waals surface area contributed by atoms with Gasteiger partial charge in [0.15, 0.2) is 0 Å². The van der Waals surface area contributed by atoms with Crippen molar-refractivity contribution in [1.82, 2.24) is 19.6 Å². The first-order valence-corrected chi connectivity index (χ1v) is 7.10. The minimum Gasteiger partial charge on any atom is -0.468 e. The van der Waals surface area contributed by atoms with Crippen molar-refractivity contribution in [3.8, 4) is 0 Å². The number of H-pyrrole nitrogens is 1. The number of thioether (sulfide) groups is 1. The fourth-order valence-electron chi connectivity index (χ4n) is 1.60. The highest BCUT2D eigenvalue weighted by Crippen LogP contribution is 2.11. The zero-order chi connectivity index (χ0) is 14.5. The van der Waals surface area contributed by atoms with Gasteiger partial charge in [0.1, 0.15) is 12.4 Å². The molecule has 2 heterocycles. The van der Waals surface area contributed by atoms with Gasteiger partial charge in [0, 0.05) is 11.8 Å². The molecule has 0 saturated carbocycles. The molecular weight excluding hydrogens is 282 g/mol. The first-order valence-electron chi connectivity index (χ1n) is 5.95. The Bertz CT molecular complexity index is 653. The SMILES string of the molecule is COC(=O)C(N)CCSCc1cc(=O)n2[nH]cnc2n1. The molecule has 0 saturated heterocycles. The van der Waals surface area contributed by atoms with Crippen molar-refractivity contribution < 1.29 is 9.53 Å². The maximum absolute atomic E-state index is 11.7. The van der Waals surface area contributed by atoms with Crippen LogP contribution in [0.2, 0.25) is 0 Å². The van der Waals surface area contributed by atoms with Crippen LogP contribution in [-0.4, -0.2) is 44.5 Å². The number of nitrogens with one attached hydrogen (secondary N) is 1. The van der Waals surface area contributed by atoms with Gasteiger partial charge in [-0.15, -0.1) is 0 Å². The normalized spacial score (nSPS) is 12.5. The molecule has 108 valence electrons. The first-order chi connectivity index (χ1) is 9.61. The summed E-state index contributed by atoms with van der Waals surface area (Å²) >= 11 is 1.55. The lowest BCUT2D eigenvalue weighted by Crippen LogP contribution is -2.32. The minimum atomic E-state index is -0.611. The smallest absolute Gasteiger partial charge is 0.322 e. The number of rotatable bonds is 6. The second-order valence-electron chi connectivity index (χ2n) is 4.08. The third-order valence-electron chi connectivity index (χ3n) is 2.65. The molecule has 8 nitrogen and oxygen atoms in total. The summed E-state index contributed by atoms with van der Waals surface area (Å²) < 4.78 is 5.81. The summed E-state index contributed by atoms with van der Waals surface area (Å²) in [7, 11) is 1.31. The quantitative estimate of drug-likeness (QED) is 0.547. The van der Waals surface area contributed by atoms with Gasteiger partial charge in [-0.2, -0.15) is 16.3 Å². The third-order valence-corrected chi connectivity index (χ3v) is 3.67. The van der Waals surface area contributed by atoms with E-state index in [2.05, 4.69) is 19.8 Å². The molecule has 0 aliphatic rings. The average molecular weight is 297 g/mol. The van der Waals surface area contributed by atoms with Crippen LogP contribution in [0, 0.1) is 0 Å². The maximum Gasteiger partial charge on any atom is 0.322 e. The molecule has 0 aromatic carbocycles. The number of esters is 1. The summed E-state index contributed by atoms with van der Waals surface area (Å²) in [5, 5.41) is 2.67. The molecule has 1 unspecified atom stereocenters. The molecule has 20 heavy (non-hydrogen) atoms.